The lowest BCUT2D eigenvalue weighted by Crippen LogP contribution is -2.58. The molecule has 0 bridgehead atoms. The summed E-state index contributed by atoms with van der Waals surface area (Å²) in [6.07, 6.45) is 13.3. The van der Waals surface area contributed by atoms with Crippen molar-refractivity contribution in [2.24, 2.45) is 34.5 Å². The van der Waals surface area contributed by atoms with Crippen LogP contribution in [0.15, 0.2) is 0 Å². The predicted molar refractivity (Wildman–Crippen MR) is 101 cm³/mol. The molecule has 4 aliphatic rings. The molecule has 25 heavy (non-hydrogen) atoms. The van der Waals surface area contributed by atoms with Gasteiger partial charge in [0.25, 0.3) is 0 Å². The van der Waals surface area contributed by atoms with Crippen LogP contribution in [0, 0.1) is 34.5 Å². The van der Waals surface area contributed by atoms with Crippen LogP contribution in [0.2, 0.25) is 0 Å². The molecule has 0 aromatic rings. The lowest BCUT2D eigenvalue weighted by atomic mass is 9.44. The van der Waals surface area contributed by atoms with Gasteiger partial charge in [0.15, 0.2) is 0 Å². The van der Waals surface area contributed by atoms with Crippen molar-refractivity contribution in [2.45, 2.75) is 83.7 Å². The van der Waals surface area contributed by atoms with Crippen LogP contribution in [0.4, 0.5) is 0 Å². The minimum atomic E-state index is -0.581. The number of hydrogen-bond donors (Lipinski definition) is 3. The first-order valence-electron chi connectivity index (χ1n) is 11.0. The van der Waals surface area contributed by atoms with Gasteiger partial charge in [0.2, 0.25) is 0 Å². The first-order chi connectivity index (χ1) is 11.9. The zero-order chi connectivity index (χ0) is 17.7. The van der Waals surface area contributed by atoms with Crippen molar-refractivity contribution >= 4 is 0 Å². The molecule has 0 aromatic carbocycles. The number of hydrogen-bond acceptors (Lipinski definition) is 3. The maximum absolute atomic E-state index is 11.5. The first kappa shape index (κ1) is 18.3. The molecule has 4 saturated carbocycles. The van der Waals surface area contributed by atoms with Crippen molar-refractivity contribution in [1.29, 1.82) is 0 Å². The SMILES string of the molecule is C[C@]12CCCC[C@H]1CC[C@H]1[C@H]2CC[C@@]2(C)[C@@H]1CC[C@@]2(O)CNCCO. The zero-order valence-corrected chi connectivity index (χ0v) is 16.4. The van der Waals surface area contributed by atoms with E-state index in [9.17, 15) is 5.11 Å². The van der Waals surface area contributed by atoms with Gasteiger partial charge in [-0.15, -0.1) is 0 Å². The lowest BCUT2D eigenvalue weighted by molar-refractivity contribution is -0.150. The predicted octanol–water partition coefficient (Wildman–Crippen LogP) is 3.73. The standard InChI is InChI=1S/C22H39NO2/c1-20-10-4-3-5-16(20)6-7-17-18(20)8-11-21(2)19(17)9-12-22(21,25)15-23-13-14-24/h16-19,23-25H,3-15H2,1-2H3/t16-,17-,18+,19+,20-,21-,22+/m0/s1. The molecule has 0 heterocycles. The van der Waals surface area contributed by atoms with E-state index >= 15 is 0 Å². The van der Waals surface area contributed by atoms with Gasteiger partial charge in [0.1, 0.15) is 0 Å². The summed E-state index contributed by atoms with van der Waals surface area (Å²) in [7, 11) is 0. The van der Waals surface area contributed by atoms with Crippen LogP contribution in [-0.4, -0.2) is 35.5 Å². The van der Waals surface area contributed by atoms with E-state index in [4.69, 9.17) is 5.11 Å². The molecule has 0 aromatic heterocycles. The number of aliphatic hydroxyl groups excluding tert-OH is 1. The fraction of sp³-hybridized carbons (Fsp3) is 1.00. The molecule has 4 aliphatic carbocycles. The van der Waals surface area contributed by atoms with Crippen LogP contribution in [-0.2, 0) is 0 Å². The van der Waals surface area contributed by atoms with Crippen LogP contribution in [0.5, 0.6) is 0 Å². The summed E-state index contributed by atoms with van der Waals surface area (Å²) in [4.78, 5) is 0. The van der Waals surface area contributed by atoms with Crippen LogP contribution >= 0.6 is 0 Å². The summed E-state index contributed by atoms with van der Waals surface area (Å²) in [5, 5.41) is 23.9. The fourth-order valence-electron chi connectivity index (χ4n) is 8.07. The van der Waals surface area contributed by atoms with Crippen LogP contribution < -0.4 is 5.32 Å². The Hall–Kier alpha value is -0.120. The quantitative estimate of drug-likeness (QED) is 0.678. The van der Waals surface area contributed by atoms with E-state index in [0.717, 1.165) is 24.2 Å². The van der Waals surface area contributed by atoms with E-state index in [-0.39, 0.29) is 12.0 Å². The van der Waals surface area contributed by atoms with Gasteiger partial charge in [-0.25, -0.2) is 0 Å². The summed E-state index contributed by atoms with van der Waals surface area (Å²) in [5.74, 6) is 3.41. The number of fused-ring (bicyclic) bond motifs is 5. The van der Waals surface area contributed by atoms with Crippen LogP contribution in [0.25, 0.3) is 0 Å². The summed E-state index contributed by atoms with van der Waals surface area (Å²) in [6.45, 7) is 6.41. The number of rotatable bonds is 4. The lowest BCUT2D eigenvalue weighted by Gasteiger charge is -2.61. The molecule has 4 fully saturated rings. The van der Waals surface area contributed by atoms with Crippen molar-refractivity contribution in [3.8, 4) is 0 Å². The minimum absolute atomic E-state index is 0.0640. The zero-order valence-electron chi connectivity index (χ0n) is 16.4. The normalized spacial score (nSPS) is 52.3. The Balaban J connectivity index is 1.55. The monoisotopic (exact) mass is 349 g/mol. The third-order valence-electron chi connectivity index (χ3n) is 9.61. The molecule has 0 spiro atoms. The van der Waals surface area contributed by atoms with Gasteiger partial charge in [-0.2, -0.15) is 0 Å². The highest BCUT2D eigenvalue weighted by Gasteiger charge is 2.64. The third-order valence-corrected chi connectivity index (χ3v) is 9.61. The van der Waals surface area contributed by atoms with Crippen molar-refractivity contribution < 1.29 is 10.2 Å². The molecule has 3 heteroatoms. The molecule has 0 radical (unpaired) electrons. The van der Waals surface area contributed by atoms with E-state index in [0.29, 0.717) is 24.4 Å². The van der Waals surface area contributed by atoms with Crippen molar-refractivity contribution in [1.82, 2.24) is 5.32 Å². The Morgan fingerprint density at radius 2 is 1.72 bits per heavy atom. The minimum Gasteiger partial charge on any atom is -0.395 e. The molecule has 0 amide bonds. The maximum Gasteiger partial charge on any atom is 0.0827 e. The molecule has 0 aliphatic heterocycles. The third kappa shape index (κ3) is 2.63. The smallest absolute Gasteiger partial charge is 0.0827 e. The molecule has 3 N–H and O–H groups in total. The van der Waals surface area contributed by atoms with Crippen molar-refractivity contribution in [2.75, 3.05) is 19.7 Å². The number of nitrogens with one attached hydrogen (secondary N) is 1. The van der Waals surface area contributed by atoms with E-state index < -0.39 is 5.60 Å². The van der Waals surface area contributed by atoms with Gasteiger partial charge >= 0.3 is 0 Å². The van der Waals surface area contributed by atoms with E-state index in [2.05, 4.69) is 19.2 Å². The molecule has 4 rings (SSSR count). The highest BCUT2D eigenvalue weighted by Crippen LogP contribution is 2.68. The molecular formula is C22H39NO2. The van der Waals surface area contributed by atoms with Crippen molar-refractivity contribution in [3.63, 3.8) is 0 Å². The topological polar surface area (TPSA) is 52.5 Å². The molecule has 144 valence electrons. The van der Waals surface area contributed by atoms with Gasteiger partial charge in [-0.05, 0) is 80.5 Å². The van der Waals surface area contributed by atoms with Gasteiger partial charge < -0.3 is 15.5 Å². The Morgan fingerprint density at radius 3 is 2.52 bits per heavy atom. The summed E-state index contributed by atoms with van der Waals surface area (Å²) in [5.41, 5.74) is 0.0644. The van der Waals surface area contributed by atoms with E-state index in [1.165, 1.54) is 57.8 Å². The maximum atomic E-state index is 11.5. The largest absolute Gasteiger partial charge is 0.395 e. The second kappa shape index (κ2) is 6.49. The van der Waals surface area contributed by atoms with Gasteiger partial charge in [0, 0.05) is 18.5 Å². The van der Waals surface area contributed by atoms with E-state index in [1.807, 2.05) is 0 Å². The number of aliphatic hydroxyl groups is 2. The Morgan fingerprint density at radius 1 is 0.920 bits per heavy atom. The Labute approximate surface area is 154 Å². The van der Waals surface area contributed by atoms with Crippen LogP contribution in [0.1, 0.15) is 78.1 Å². The van der Waals surface area contributed by atoms with E-state index in [1.54, 1.807) is 0 Å². The summed E-state index contributed by atoms with van der Waals surface area (Å²) >= 11 is 0. The van der Waals surface area contributed by atoms with Crippen LogP contribution in [0.3, 0.4) is 0 Å². The highest BCUT2D eigenvalue weighted by atomic mass is 16.3. The van der Waals surface area contributed by atoms with Gasteiger partial charge in [-0.1, -0.05) is 26.7 Å². The Bertz CT molecular complexity index is 496. The average molecular weight is 350 g/mol. The second-order valence-electron chi connectivity index (χ2n) is 10.3. The van der Waals surface area contributed by atoms with Gasteiger partial charge in [0.05, 0.1) is 12.2 Å². The molecule has 0 saturated heterocycles. The second-order valence-corrected chi connectivity index (χ2v) is 10.3. The fourth-order valence-corrected chi connectivity index (χ4v) is 8.07. The Kier molecular flexibility index (Phi) is 4.74. The highest BCUT2D eigenvalue weighted by molar-refractivity contribution is 5.14. The molecule has 7 atom stereocenters. The van der Waals surface area contributed by atoms with Gasteiger partial charge in [-0.3, -0.25) is 0 Å². The first-order valence-corrected chi connectivity index (χ1v) is 11.0. The summed E-state index contributed by atoms with van der Waals surface area (Å²) in [6, 6.07) is 0. The molecule has 3 nitrogen and oxygen atoms in total. The van der Waals surface area contributed by atoms with Crippen molar-refractivity contribution in [3.05, 3.63) is 0 Å². The summed E-state index contributed by atoms with van der Waals surface area (Å²) < 4.78 is 0. The average Bonchev–Trinajstić information content (AvgIpc) is 2.86. The molecule has 0 unspecified atom stereocenters. The molecular weight excluding hydrogens is 310 g/mol.